The van der Waals surface area contributed by atoms with Gasteiger partial charge in [0.2, 0.25) is 0 Å². The summed E-state index contributed by atoms with van der Waals surface area (Å²) in [5.74, 6) is -0.491. The molecule has 3 rings (SSSR count). The normalized spacial score (nSPS) is 17.0. The third-order valence-corrected chi connectivity index (χ3v) is 5.07. The topological polar surface area (TPSA) is 35.6 Å². The number of nitrogens with zero attached hydrogens (tertiary/aromatic N) is 2. The molecule has 1 aliphatic rings. The number of hydrogen-bond donors (Lipinski definition) is 1. The van der Waals surface area contributed by atoms with Crippen LogP contribution in [0.15, 0.2) is 59.8 Å². The molecular weight excluding hydrogens is 385 g/mol. The molecule has 2 aromatic carbocycles. The van der Waals surface area contributed by atoms with Crippen LogP contribution in [-0.4, -0.2) is 30.0 Å². The molecule has 0 bridgehead atoms. The second kappa shape index (κ2) is 7.66. The third kappa shape index (κ3) is 3.68. The molecular formula is C20H19ClFN3OS. The number of allylic oxidation sites excluding steroid dienone is 1. The van der Waals surface area contributed by atoms with Gasteiger partial charge in [-0.3, -0.25) is 9.69 Å². The van der Waals surface area contributed by atoms with Gasteiger partial charge in [-0.1, -0.05) is 29.8 Å². The van der Waals surface area contributed by atoms with Gasteiger partial charge >= 0.3 is 0 Å². The highest BCUT2D eigenvalue weighted by molar-refractivity contribution is 7.80. The van der Waals surface area contributed by atoms with Crippen molar-refractivity contribution in [1.29, 1.82) is 0 Å². The molecule has 0 saturated heterocycles. The number of carbonyl (C=O) groups is 1. The molecule has 7 heteroatoms. The predicted octanol–water partition coefficient (Wildman–Crippen LogP) is 4.28. The summed E-state index contributed by atoms with van der Waals surface area (Å²) in [4.78, 5) is 16.2. The van der Waals surface area contributed by atoms with Crippen LogP contribution in [0.4, 0.5) is 10.1 Å². The summed E-state index contributed by atoms with van der Waals surface area (Å²) >= 11 is 12.0. The Kier molecular flexibility index (Phi) is 5.48. The van der Waals surface area contributed by atoms with Crippen LogP contribution in [0.2, 0.25) is 5.02 Å². The van der Waals surface area contributed by atoms with Gasteiger partial charge in [0.1, 0.15) is 5.82 Å². The van der Waals surface area contributed by atoms with E-state index in [4.69, 9.17) is 23.8 Å². The maximum atomic E-state index is 13.3. The number of nitrogens with one attached hydrogen (secondary N) is 1. The van der Waals surface area contributed by atoms with Crippen molar-refractivity contribution in [2.24, 2.45) is 0 Å². The lowest BCUT2D eigenvalue weighted by atomic mass is 9.93. The van der Waals surface area contributed by atoms with E-state index in [0.717, 1.165) is 5.56 Å². The van der Waals surface area contributed by atoms with Crippen molar-refractivity contribution in [2.75, 3.05) is 19.0 Å². The van der Waals surface area contributed by atoms with Crippen molar-refractivity contribution in [3.05, 3.63) is 76.2 Å². The Bertz CT molecular complexity index is 927. The zero-order chi connectivity index (χ0) is 19.7. The minimum Gasteiger partial charge on any atom is -0.351 e. The Labute approximate surface area is 168 Å². The van der Waals surface area contributed by atoms with E-state index in [2.05, 4.69) is 5.32 Å². The largest absolute Gasteiger partial charge is 0.351 e. The number of carbonyl (C=O) groups excluding carboxylic acids is 1. The molecule has 1 aliphatic heterocycles. The van der Waals surface area contributed by atoms with Crippen LogP contribution in [0.3, 0.4) is 0 Å². The molecule has 27 heavy (non-hydrogen) atoms. The summed E-state index contributed by atoms with van der Waals surface area (Å²) in [5, 5.41) is 4.19. The Balaban J connectivity index is 2.18. The molecule has 4 nitrogen and oxygen atoms in total. The van der Waals surface area contributed by atoms with E-state index in [-0.39, 0.29) is 11.7 Å². The van der Waals surface area contributed by atoms with E-state index < -0.39 is 6.04 Å². The second-order valence-corrected chi connectivity index (χ2v) is 7.21. The standard InChI is InChI=1S/C20H19ClFN3OS/c1-12-17(19(26)24(2)3)18(15-6-4-5-7-16(15)21)23-20(27)25(12)14-10-8-13(22)9-11-14/h4-11,18H,1-3H3,(H,23,27)/t18-/m0/s1. The summed E-state index contributed by atoms with van der Waals surface area (Å²) < 4.78 is 13.3. The summed E-state index contributed by atoms with van der Waals surface area (Å²) in [7, 11) is 3.39. The molecule has 0 unspecified atom stereocenters. The van der Waals surface area contributed by atoms with Crippen molar-refractivity contribution in [1.82, 2.24) is 10.2 Å². The maximum Gasteiger partial charge on any atom is 0.253 e. The zero-order valence-corrected chi connectivity index (χ0v) is 16.7. The van der Waals surface area contributed by atoms with Crippen LogP contribution in [0, 0.1) is 5.82 Å². The van der Waals surface area contributed by atoms with Crippen molar-refractivity contribution in [3.63, 3.8) is 0 Å². The van der Waals surface area contributed by atoms with Gasteiger partial charge in [-0.2, -0.15) is 0 Å². The summed E-state index contributed by atoms with van der Waals surface area (Å²) in [6, 6.07) is 12.8. The highest BCUT2D eigenvalue weighted by Crippen LogP contribution is 2.36. The summed E-state index contributed by atoms with van der Waals surface area (Å²) in [6.07, 6.45) is 0. The van der Waals surface area contributed by atoms with Crippen LogP contribution in [0.1, 0.15) is 18.5 Å². The van der Waals surface area contributed by atoms with Crippen molar-refractivity contribution in [2.45, 2.75) is 13.0 Å². The fourth-order valence-electron chi connectivity index (χ4n) is 3.10. The number of amides is 1. The van der Waals surface area contributed by atoms with E-state index >= 15 is 0 Å². The molecule has 0 aromatic heterocycles. The van der Waals surface area contributed by atoms with Gasteiger partial charge in [0.05, 0.1) is 11.6 Å². The monoisotopic (exact) mass is 403 g/mol. The van der Waals surface area contributed by atoms with Crippen molar-refractivity contribution >= 4 is 40.5 Å². The van der Waals surface area contributed by atoms with E-state index in [1.165, 1.54) is 17.0 Å². The molecule has 2 aromatic rings. The lowest BCUT2D eigenvalue weighted by molar-refractivity contribution is -0.125. The quantitative estimate of drug-likeness (QED) is 0.776. The first-order valence-corrected chi connectivity index (χ1v) is 9.13. The van der Waals surface area contributed by atoms with Gasteiger partial charge in [-0.15, -0.1) is 0 Å². The van der Waals surface area contributed by atoms with E-state index in [0.29, 0.717) is 27.1 Å². The fourth-order valence-corrected chi connectivity index (χ4v) is 3.71. The molecule has 1 amide bonds. The number of rotatable bonds is 3. The molecule has 0 saturated carbocycles. The van der Waals surface area contributed by atoms with Gasteiger partial charge in [-0.25, -0.2) is 4.39 Å². The average Bonchev–Trinajstić information content (AvgIpc) is 2.62. The molecule has 1 N–H and O–H groups in total. The van der Waals surface area contributed by atoms with Crippen molar-refractivity contribution in [3.8, 4) is 0 Å². The molecule has 0 radical (unpaired) electrons. The number of anilines is 1. The van der Waals surface area contributed by atoms with Crippen LogP contribution in [0.25, 0.3) is 0 Å². The first-order valence-electron chi connectivity index (χ1n) is 8.34. The molecule has 140 valence electrons. The SMILES string of the molecule is CC1=C(C(=O)N(C)C)[C@H](c2ccccc2Cl)NC(=S)N1c1ccc(F)cc1. The first kappa shape index (κ1) is 19.3. The van der Waals surface area contributed by atoms with Crippen LogP contribution >= 0.6 is 23.8 Å². The van der Waals surface area contributed by atoms with Crippen LogP contribution in [0.5, 0.6) is 0 Å². The highest BCUT2D eigenvalue weighted by atomic mass is 35.5. The Hall–Kier alpha value is -2.44. The van der Waals surface area contributed by atoms with Gasteiger partial charge in [0.15, 0.2) is 5.11 Å². The predicted molar refractivity (Wildman–Crippen MR) is 110 cm³/mol. The third-order valence-electron chi connectivity index (χ3n) is 4.42. The van der Waals surface area contributed by atoms with E-state index in [9.17, 15) is 9.18 Å². The first-order chi connectivity index (χ1) is 12.8. The van der Waals surface area contributed by atoms with E-state index in [1.807, 2.05) is 25.1 Å². The Morgan fingerprint density at radius 3 is 2.41 bits per heavy atom. The summed E-state index contributed by atoms with van der Waals surface area (Å²) in [6.45, 7) is 1.83. The molecule has 1 heterocycles. The molecule has 0 spiro atoms. The Morgan fingerprint density at radius 1 is 1.19 bits per heavy atom. The number of likely N-dealkylation sites (N-methyl/N-ethyl adjacent to an activating group) is 1. The number of halogens is 2. The van der Waals surface area contributed by atoms with Gasteiger partial charge in [-0.05, 0) is 55.0 Å². The lowest BCUT2D eigenvalue weighted by Crippen LogP contribution is -2.49. The number of hydrogen-bond acceptors (Lipinski definition) is 2. The number of benzene rings is 2. The fraction of sp³-hybridized carbons (Fsp3) is 0.200. The molecule has 0 fully saturated rings. The molecule has 1 atom stereocenters. The van der Waals surface area contributed by atoms with Crippen LogP contribution < -0.4 is 10.2 Å². The van der Waals surface area contributed by atoms with Crippen LogP contribution in [-0.2, 0) is 4.79 Å². The minimum absolute atomic E-state index is 0.153. The number of thiocarbonyl (C=S) groups is 1. The second-order valence-electron chi connectivity index (χ2n) is 6.41. The maximum absolute atomic E-state index is 13.3. The average molecular weight is 404 g/mol. The van der Waals surface area contributed by atoms with Crippen molar-refractivity contribution < 1.29 is 9.18 Å². The van der Waals surface area contributed by atoms with E-state index in [1.54, 1.807) is 37.2 Å². The lowest BCUT2D eigenvalue weighted by Gasteiger charge is -2.38. The minimum atomic E-state index is -0.474. The Morgan fingerprint density at radius 2 is 1.81 bits per heavy atom. The van der Waals surface area contributed by atoms with Gasteiger partial charge in [0, 0.05) is 30.5 Å². The molecule has 0 aliphatic carbocycles. The zero-order valence-electron chi connectivity index (χ0n) is 15.2. The summed E-state index contributed by atoms with van der Waals surface area (Å²) in [5.41, 5.74) is 2.65. The van der Waals surface area contributed by atoms with Gasteiger partial charge < -0.3 is 10.2 Å². The van der Waals surface area contributed by atoms with Gasteiger partial charge in [0.25, 0.3) is 5.91 Å². The smallest absolute Gasteiger partial charge is 0.253 e. The highest BCUT2D eigenvalue weighted by Gasteiger charge is 2.36.